The summed E-state index contributed by atoms with van der Waals surface area (Å²) in [5.41, 5.74) is 0. The Kier molecular flexibility index (Phi) is 2.22. The van der Waals surface area contributed by atoms with Gasteiger partial charge in [-0.3, -0.25) is 0 Å². The molecule has 6 nitrogen and oxygen atoms in total. The van der Waals surface area contributed by atoms with E-state index in [1.165, 1.54) is 0 Å². The van der Waals surface area contributed by atoms with E-state index in [1.54, 1.807) is 13.8 Å². The highest BCUT2D eigenvalue weighted by Gasteiger charge is 2.44. The minimum atomic E-state index is -1.60. The minimum Gasteiger partial charge on any atom is -0.506 e. The van der Waals surface area contributed by atoms with Gasteiger partial charge in [0.15, 0.2) is 17.3 Å². The summed E-state index contributed by atoms with van der Waals surface area (Å²) in [4.78, 5) is 10.9. The number of rotatable bonds is 1. The predicted molar refractivity (Wildman–Crippen MR) is 46.7 cm³/mol. The molecule has 0 spiro atoms. The summed E-state index contributed by atoms with van der Waals surface area (Å²) < 4.78 is 15.3. The van der Waals surface area contributed by atoms with Crippen molar-refractivity contribution in [2.24, 2.45) is 0 Å². The van der Waals surface area contributed by atoms with Crippen LogP contribution >= 0.6 is 0 Å². The van der Waals surface area contributed by atoms with Crippen LogP contribution in [0.4, 0.5) is 0 Å². The number of hydrogen-bond donors (Lipinski definition) is 2. The van der Waals surface area contributed by atoms with E-state index < -0.39 is 29.7 Å². The molecular weight excluding hydrogens is 204 g/mol. The van der Waals surface area contributed by atoms with Crippen molar-refractivity contribution in [2.45, 2.75) is 31.8 Å². The van der Waals surface area contributed by atoms with E-state index >= 15 is 0 Å². The van der Waals surface area contributed by atoms with Crippen molar-refractivity contribution in [3.63, 3.8) is 0 Å². The molecule has 1 fully saturated rings. The number of carbonyl (C=O) groups excluding carboxylic acids is 1. The first-order chi connectivity index (χ1) is 6.91. The van der Waals surface area contributed by atoms with Crippen LogP contribution in [0.25, 0.3) is 0 Å². The number of carbonyl (C=O) groups is 1. The van der Waals surface area contributed by atoms with Gasteiger partial charge in [0.05, 0.1) is 6.61 Å². The largest absolute Gasteiger partial charge is 0.506 e. The van der Waals surface area contributed by atoms with E-state index in [0.717, 1.165) is 0 Å². The Morgan fingerprint density at radius 3 is 2.53 bits per heavy atom. The highest BCUT2D eigenvalue weighted by molar-refractivity contribution is 5.81. The molecule has 2 N–H and O–H groups in total. The first-order valence-corrected chi connectivity index (χ1v) is 4.55. The van der Waals surface area contributed by atoms with Gasteiger partial charge < -0.3 is 24.4 Å². The van der Waals surface area contributed by atoms with Crippen molar-refractivity contribution in [3.8, 4) is 0 Å². The summed E-state index contributed by atoms with van der Waals surface area (Å²) in [6.45, 7) is 3.59. The molecule has 0 saturated carbocycles. The van der Waals surface area contributed by atoms with E-state index in [2.05, 4.69) is 0 Å². The quantitative estimate of drug-likeness (QED) is 0.592. The third-order valence-corrected chi connectivity index (χ3v) is 2.25. The van der Waals surface area contributed by atoms with Gasteiger partial charge in [0.2, 0.25) is 6.10 Å². The molecule has 0 amide bonds. The maximum Gasteiger partial charge on any atom is 0.348 e. The lowest BCUT2D eigenvalue weighted by Crippen LogP contribution is -2.23. The number of aliphatic hydroxyl groups excluding tert-OH is 2. The van der Waals surface area contributed by atoms with Crippen LogP contribution in [0.15, 0.2) is 11.5 Å². The normalized spacial score (nSPS) is 34.7. The number of esters is 1. The number of aliphatic hydroxyl groups is 2. The average molecular weight is 216 g/mol. The summed E-state index contributed by atoms with van der Waals surface area (Å²) in [5, 5.41) is 18.6. The second-order valence-corrected chi connectivity index (χ2v) is 3.89. The SMILES string of the molecule is CC1(C)OCC(C2=C(O)C(O)C(=O)O2)O1. The Bertz CT molecular complexity index is 331. The van der Waals surface area contributed by atoms with Crippen molar-refractivity contribution in [1.82, 2.24) is 0 Å². The van der Waals surface area contributed by atoms with E-state index in [9.17, 15) is 9.90 Å². The maximum atomic E-state index is 10.9. The molecule has 2 aliphatic heterocycles. The highest BCUT2D eigenvalue weighted by atomic mass is 16.8. The maximum absolute atomic E-state index is 10.9. The zero-order valence-electron chi connectivity index (χ0n) is 8.39. The molecule has 84 valence electrons. The molecule has 15 heavy (non-hydrogen) atoms. The molecule has 1 saturated heterocycles. The van der Waals surface area contributed by atoms with Crippen LogP contribution in [0.1, 0.15) is 13.8 Å². The third kappa shape index (κ3) is 1.71. The Morgan fingerprint density at radius 2 is 2.13 bits per heavy atom. The lowest BCUT2D eigenvalue weighted by Gasteiger charge is -2.16. The summed E-state index contributed by atoms with van der Waals surface area (Å²) in [5.74, 6) is -2.22. The fourth-order valence-electron chi connectivity index (χ4n) is 1.51. The highest BCUT2D eigenvalue weighted by Crippen LogP contribution is 2.31. The fraction of sp³-hybridized carbons (Fsp3) is 0.667. The van der Waals surface area contributed by atoms with Gasteiger partial charge in [-0.2, -0.15) is 0 Å². The van der Waals surface area contributed by atoms with Crippen LogP contribution in [-0.2, 0) is 19.0 Å². The zero-order chi connectivity index (χ0) is 11.2. The number of hydrogen-bond acceptors (Lipinski definition) is 6. The molecule has 0 aromatic rings. The fourth-order valence-corrected chi connectivity index (χ4v) is 1.51. The lowest BCUT2D eigenvalue weighted by molar-refractivity contribution is -0.150. The molecule has 0 bridgehead atoms. The molecule has 0 aromatic heterocycles. The number of ether oxygens (including phenoxy) is 3. The predicted octanol–water partition coefficient (Wildman–Crippen LogP) is -0.175. The third-order valence-electron chi connectivity index (χ3n) is 2.25. The molecule has 2 aliphatic rings. The second-order valence-electron chi connectivity index (χ2n) is 3.89. The van der Waals surface area contributed by atoms with E-state index in [4.69, 9.17) is 19.3 Å². The minimum absolute atomic E-state index is 0.0573. The molecule has 2 rings (SSSR count). The van der Waals surface area contributed by atoms with Crippen molar-refractivity contribution in [2.75, 3.05) is 6.61 Å². The molecule has 0 aromatic carbocycles. The topological polar surface area (TPSA) is 85.2 Å². The first-order valence-electron chi connectivity index (χ1n) is 4.55. The van der Waals surface area contributed by atoms with E-state index in [1.807, 2.05) is 0 Å². The van der Waals surface area contributed by atoms with Crippen LogP contribution in [0.5, 0.6) is 0 Å². The van der Waals surface area contributed by atoms with Crippen LogP contribution in [0.2, 0.25) is 0 Å². The Hall–Kier alpha value is -1.11. The van der Waals surface area contributed by atoms with E-state index in [-0.39, 0.29) is 12.4 Å². The van der Waals surface area contributed by atoms with Crippen LogP contribution in [0, 0.1) is 0 Å². The average Bonchev–Trinajstić information content (AvgIpc) is 2.62. The van der Waals surface area contributed by atoms with Crippen molar-refractivity contribution in [3.05, 3.63) is 11.5 Å². The molecule has 2 atom stereocenters. The Labute approximate surface area is 86.0 Å². The van der Waals surface area contributed by atoms with Crippen LogP contribution in [0.3, 0.4) is 0 Å². The van der Waals surface area contributed by atoms with Crippen LogP contribution in [-0.4, -0.2) is 40.8 Å². The monoisotopic (exact) mass is 216 g/mol. The van der Waals surface area contributed by atoms with Crippen molar-refractivity contribution >= 4 is 5.97 Å². The molecule has 0 radical (unpaired) electrons. The van der Waals surface area contributed by atoms with E-state index in [0.29, 0.717) is 0 Å². The summed E-state index contributed by atoms with van der Waals surface area (Å²) in [6.07, 6.45) is -2.26. The van der Waals surface area contributed by atoms with Gasteiger partial charge >= 0.3 is 5.97 Å². The standard InChI is InChI=1S/C9H12O6/c1-9(2)13-3-4(15-9)7-5(10)6(11)8(12)14-7/h4,6,10-11H,3H2,1-2H3. The van der Waals surface area contributed by atoms with Gasteiger partial charge in [0.1, 0.15) is 6.10 Å². The summed E-state index contributed by atoms with van der Waals surface area (Å²) in [6, 6.07) is 0. The molecule has 6 heteroatoms. The summed E-state index contributed by atoms with van der Waals surface area (Å²) >= 11 is 0. The lowest BCUT2D eigenvalue weighted by atomic mass is 10.2. The van der Waals surface area contributed by atoms with Gasteiger partial charge in [-0.15, -0.1) is 0 Å². The van der Waals surface area contributed by atoms with Gasteiger partial charge in [-0.25, -0.2) is 4.79 Å². The van der Waals surface area contributed by atoms with Gasteiger partial charge in [-0.05, 0) is 13.8 Å². The molecular formula is C9H12O6. The summed E-state index contributed by atoms with van der Waals surface area (Å²) in [7, 11) is 0. The molecule has 0 aliphatic carbocycles. The zero-order valence-corrected chi connectivity index (χ0v) is 8.39. The number of cyclic esters (lactones) is 1. The second kappa shape index (κ2) is 3.19. The first kappa shape index (κ1) is 10.4. The van der Waals surface area contributed by atoms with Crippen molar-refractivity contribution in [1.29, 1.82) is 0 Å². The smallest absolute Gasteiger partial charge is 0.348 e. The van der Waals surface area contributed by atoms with Gasteiger partial charge in [0.25, 0.3) is 0 Å². The molecule has 2 heterocycles. The van der Waals surface area contributed by atoms with Gasteiger partial charge in [0, 0.05) is 0 Å². The van der Waals surface area contributed by atoms with Crippen LogP contribution < -0.4 is 0 Å². The van der Waals surface area contributed by atoms with Gasteiger partial charge in [-0.1, -0.05) is 0 Å². The Morgan fingerprint density at radius 1 is 1.47 bits per heavy atom. The molecule has 2 unspecified atom stereocenters. The van der Waals surface area contributed by atoms with Crippen molar-refractivity contribution < 1.29 is 29.2 Å². The Balaban J connectivity index is 2.16.